The second-order valence-corrected chi connectivity index (χ2v) is 7.02. The van der Waals surface area contributed by atoms with E-state index in [-0.39, 0.29) is 11.5 Å². The number of hydrogen-bond acceptors (Lipinski definition) is 1. The highest BCUT2D eigenvalue weighted by molar-refractivity contribution is 5.21. The van der Waals surface area contributed by atoms with Gasteiger partial charge in [0.15, 0.2) is 0 Å². The number of hydrogen-bond donors (Lipinski definition) is 1. The second kappa shape index (κ2) is 3.85. The highest BCUT2D eigenvalue weighted by Crippen LogP contribution is 2.59. The molecule has 0 saturated heterocycles. The zero-order valence-corrected chi connectivity index (χ0v) is 11.5. The van der Waals surface area contributed by atoms with Crippen LogP contribution in [0.5, 0.6) is 0 Å². The van der Waals surface area contributed by atoms with Gasteiger partial charge in [-0.2, -0.15) is 0 Å². The molecule has 0 aliphatic heterocycles. The van der Waals surface area contributed by atoms with Gasteiger partial charge in [-0.15, -0.1) is 0 Å². The third-order valence-corrected chi connectivity index (χ3v) is 6.47. The van der Waals surface area contributed by atoms with Crippen LogP contribution in [0.2, 0.25) is 0 Å². The lowest BCUT2D eigenvalue weighted by Gasteiger charge is -2.50. The largest absolute Gasteiger partial charge is 0.393 e. The van der Waals surface area contributed by atoms with Gasteiger partial charge in [0, 0.05) is 0 Å². The highest BCUT2D eigenvalue weighted by Gasteiger charge is 2.53. The van der Waals surface area contributed by atoms with Crippen molar-refractivity contribution in [3.8, 4) is 0 Å². The molecule has 3 aliphatic rings. The number of aliphatic hydroxyl groups is 1. The molecule has 0 bridgehead atoms. The third kappa shape index (κ3) is 1.54. The van der Waals surface area contributed by atoms with E-state index in [0.29, 0.717) is 0 Å². The standard InChI is InChI=1S/C16H26O/c1-10-4-5-13-12(11(10)2)8-9-16(3)14(13)6-7-15(16)17/h12-15,17H,4-9H2,1-3H3/t12?,13?,14?,15-,16-/m0/s1. The number of fused-ring (bicyclic) bond motifs is 3. The van der Waals surface area contributed by atoms with Gasteiger partial charge in [0.1, 0.15) is 0 Å². The number of rotatable bonds is 0. The summed E-state index contributed by atoms with van der Waals surface area (Å²) in [6, 6.07) is 0. The lowest BCUT2D eigenvalue weighted by atomic mass is 9.55. The predicted molar refractivity (Wildman–Crippen MR) is 70.7 cm³/mol. The Morgan fingerprint density at radius 3 is 2.65 bits per heavy atom. The third-order valence-electron chi connectivity index (χ3n) is 6.47. The monoisotopic (exact) mass is 234 g/mol. The minimum atomic E-state index is -0.0271. The first-order valence-corrected chi connectivity index (χ1v) is 7.38. The summed E-state index contributed by atoms with van der Waals surface area (Å²) in [5, 5.41) is 10.3. The Balaban J connectivity index is 1.92. The molecule has 2 fully saturated rings. The van der Waals surface area contributed by atoms with E-state index in [1.165, 1.54) is 32.1 Å². The molecule has 1 heteroatoms. The smallest absolute Gasteiger partial charge is 0.0596 e. The van der Waals surface area contributed by atoms with Crippen LogP contribution in [0, 0.1) is 23.2 Å². The van der Waals surface area contributed by atoms with Crippen molar-refractivity contribution in [3.05, 3.63) is 11.1 Å². The molecule has 3 unspecified atom stereocenters. The number of allylic oxidation sites excluding steroid dienone is 2. The first-order valence-electron chi connectivity index (χ1n) is 7.38. The van der Waals surface area contributed by atoms with Gasteiger partial charge in [0.25, 0.3) is 0 Å². The van der Waals surface area contributed by atoms with Crippen LogP contribution in [-0.2, 0) is 0 Å². The van der Waals surface area contributed by atoms with Crippen molar-refractivity contribution in [2.45, 2.75) is 65.4 Å². The second-order valence-electron chi connectivity index (χ2n) is 7.02. The van der Waals surface area contributed by atoms with Gasteiger partial charge in [-0.1, -0.05) is 18.1 Å². The summed E-state index contributed by atoms with van der Waals surface area (Å²) in [7, 11) is 0. The molecule has 0 spiro atoms. The highest BCUT2D eigenvalue weighted by atomic mass is 16.3. The van der Waals surface area contributed by atoms with Crippen molar-refractivity contribution < 1.29 is 5.11 Å². The van der Waals surface area contributed by atoms with E-state index in [1.54, 1.807) is 11.1 Å². The topological polar surface area (TPSA) is 20.2 Å². The molecule has 1 N–H and O–H groups in total. The van der Waals surface area contributed by atoms with E-state index < -0.39 is 0 Å². The summed E-state index contributed by atoms with van der Waals surface area (Å²) < 4.78 is 0. The minimum Gasteiger partial charge on any atom is -0.393 e. The summed E-state index contributed by atoms with van der Waals surface area (Å²) in [6.45, 7) is 7.04. The molecule has 1 nitrogen and oxygen atoms in total. The van der Waals surface area contributed by atoms with E-state index in [1.807, 2.05) is 0 Å². The van der Waals surface area contributed by atoms with Crippen LogP contribution in [0.1, 0.15) is 59.3 Å². The molecular weight excluding hydrogens is 208 g/mol. The maximum Gasteiger partial charge on any atom is 0.0596 e. The fourth-order valence-electron chi connectivity index (χ4n) is 5.10. The Morgan fingerprint density at radius 2 is 1.88 bits per heavy atom. The first-order chi connectivity index (χ1) is 8.04. The van der Waals surface area contributed by atoms with Crippen molar-refractivity contribution in [2.75, 3.05) is 0 Å². The maximum absolute atomic E-state index is 10.3. The lowest BCUT2D eigenvalue weighted by molar-refractivity contribution is -0.0304. The molecule has 0 radical (unpaired) electrons. The maximum atomic E-state index is 10.3. The van der Waals surface area contributed by atoms with Crippen LogP contribution in [0.15, 0.2) is 11.1 Å². The van der Waals surface area contributed by atoms with Gasteiger partial charge in [0.2, 0.25) is 0 Å². The summed E-state index contributed by atoms with van der Waals surface area (Å²) in [5.41, 5.74) is 3.57. The van der Waals surface area contributed by atoms with Crippen LogP contribution < -0.4 is 0 Å². The fraction of sp³-hybridized carbons (Fsp3) is 0.875. The molecule has 96 valence electrons. The van der Waals surface area contributed by atoms with E-state index >= 15 is 0 Å². The van der Waals surface area contributed by atoms with E-state index in [0.717, 1.165) is 24.2 Å². The Kier molecular flexibility index (Phi) is 2.66. The van der Waals surface area contributed by atoms with Crippen molar-refractivity contribution >= 4 is 0 Å². The van der Waals surface area contributed by atoms with E-state index in [4.69, 9.17) is 0 Å². The quantitative estimate of drug-likeness (QED) is 0.630. The van der Waals surface area contributed by atoms with Gasteiger partial charge in [-0.3, -0.25) is 0 Å². The Labute approximate surface area is 105 Å². The number of aliphatic hydroxyl groups excluding tert-OH is 1. The van der Waals surface area contributed by atoms with Crippen LogP contribution in [0.4, 0.5) is 0 Å². The van der Waals surface area contributed by atoms with Crippen molar-refractivity contribution in [3.63, 3.8) is 0 Å². The Morgan fingerprint density at radius 1 is 1.12 bits per heavy atom. The van der Waals surface area contributed by atoms with E-state index in [9.17, 15) is 5.11 Å². The summed E-state index contributed by atoms with van der Waals surface area (Å²) in [6.07, 6.45) is 7.52. The normalized spacial score (nSPS) is 50.1. The first kappa shape index (κ1) is 11.8. The van der Waals surface area contributed by atoms with Crippen molar-refractivity contribution in [1.29, 1.82) is 0 Å². The molecule has 3 aliphatic carbocycles. The summed E-state index contributed by atoms with van der Waals surface area (Å²) >= 11 is 0. The average Bonchev–Trinajstić information content (AvgIpc) is 2.61. The Hall–Kier alpha value is -0.300. The van der Waals surface area contributed by atoms with Gasteiger partial charge >= 0.3 is 0 Å². The van der Waals surface area contributed by atoms with Gasteiger partial charge in [-0.25, -0.2) is 0 Å². The molecule has 0 aromatic rings. The van der Waals surface area contributed by atoms with Gasteiger partial charge < -0.3 is 5.11 Å². The average molecular weight is 234 g/mol. The Bertz CT molecular complexity index is 357. The predicted octanol–water partition coefficient (Wildman–Crippen LogP) is 3.92. The zero-order chi connectivity index (χ0) is 12.2. The zero-order valence-electron chi connectivity index (χ0n) is 11.5. The van der Waals surface area contributed by atoms with Gasteiger partial charge in [-0.05, 0) is 75.5 Å². The van der Waals surface area contributed by atoms with Crippen LogP contribution in [-0.4, -0.2) is 11.2 Å². The minimum absolute atomic E-state index is 0.0271. The molecule has 0 heterocycles. The SMILES string of the molecule is CC1=C(C)C2CC[C@@]3(C)C(CC[C@@H]3O)C2CC1. The van der Waals surface area contributed by atoms with E-state index in [2.05, 4.69) is 20.8 Å². The van der Waals surface area contributed by atoms with Crippen LogP contribution >= 0.6 is 0 Å². The summed E-state index contributed by atoms with van der Waals surface area (Å²) in [4.78, 5) is 0. The van der Waals surface area contributed by atoms with Crippen molar-refractivity contribution in [2.24, 2.45) is 23.2 Å². The van der Waals surface area contributed by atoms with Gasteiger partial charge in [0.05, 0.1) is 6.10 Å². The molecule has 5 atom stereocenters. The summed E-state index contributed by atoms with van der Waals surface area (Å²) in [5.74, 6) is 2.50. The molecule has 17 heavy (non-hydrogen) atoms. The molecule has 2 saturated carbocycles. The lowest BCUT2D eigenvalue weighted by Crippen LogP contribution is -2.44. The fourth-order valence-corrected chi connectivity index (χ4v) is 5.10. The molecule has 0 aromatic heterocycles. The molecular formula is C16H26O. The van der Waals surface area contributed by atoms with Crippen molar-refractivity contribution in [1.82, 2.24) is 0 Å². The molecule has 0 amide bonds. The van der Waals surface area contributed by atoms with Crippen LogP contribution in [0.25, 0.3) is 0 Å². The molecule has 3 rings (SSSR count). The molecule has 0 aromatic carbocycles. The van der Waals surface area contributed by atoms with Crippen LogP contribution in [0.3, 0.4) is 0 Å².